The summed E-state index contributed by atoms with van der Waals surface area (Å²) in [5, 5.41) is 0.768. The van der Waals surface area contributed by atoms with Gasteiger partial charge in [-0.3, -0.25) is 9.69 Å². The maximum Gasteiger partial charge on any atom is 0.460 e. The number of hydrogen-bond donors (Lipinski definition) is 0. The van der Waals surface area contributed by atoms with Crippen LogP contribution in [0.5, 0.6) is 0 Å². The predicted molar refractivity (Wildman–Crippen MR) is 84.3 cm³/mol. The minimum Gasteiger partial charge on any atom is -0.335 e. The molecule has 1 aliphatic heterocycles. The van der Waals surface area contributed by atoms with Crippen molar-refractivity contribution in [1.29, 1.82) is 0 Å². The van der Waals surface area contributed by atoms with Gasteiger partial charge in [0.1, 0.15) is 0 Å². The number of benzene rings is 1. The van der Waals surface area contributed by atoms with Crippen molar-refractivity contribution in [2.75, 3.05) is 26.2 Å². The lowest BCUT2D eigenvalue weighted by molar-refractivity contribution is -0.346. The van der Waals surface area contributed by atoms with Crippen LogP contribution in [0.4, 0.5) is 30.7 Å². The van der Waals surface area contributed by atoms with Crippen LogP contribution < -0.4 is 0 Å². The van der Waals surface area contributed by atoms with E-state index >= 15 is 0 Å². The van der Waals surface area contributed by atoms with Crippen LogP contribution in [0.3, 0.4) is 0 Å². The molecule has 1 heterocycles. The van der Waals surface area contributed by atoms with E-state index in [1.165, 1.54) is 6.07 Å². The fourth-order valence-corrected chi connectivity index (χ4v) is 2.98. The van der Waals surface area contributed by atoms with Gasteiger partial charge >= 0.3 is 18.0 Å². The zero-order valence-electron chi connectivity index (χ0n) is 13.5. The van der Waals surface area contributed by atoms with Crippen molar-refractivity contribution in [3.63, 3.8) is 0 Å². The van der Waals surface area contributed by atoms with E-state index in [1.807, 2.05) is 0 Å². The van der Waals surface area contributed by atoms with E-state index in [1.54, 1.807) is 17.0 Å². The van der Waals surface area contributed by atoms with Gasteiger partial charge in [0.15, 0.2) is 0 Å². The summed E-state index contributed by atoms with van der Waals surface area (Å²) in [5.41, 5.74) is 0.662. The van der Waals surface area contributed by atoms with Gasteiger partial charge in [0.25, 0.3) is 5.91 Å². The molecule has 1 aromatic rings. The zero-order chi connectivity index (χ0) is 20.6. The highest BCUT2D eigenvalue weighted by Gasteiger charge is 2.76. The lowest BCUT2D eigenvalue weighted by Crippen LogP contribution is -2.62. The molecule has 0 aromatic heterocycles. The number of rotatable bonds is 4. The first kappa shape index (κ1) is 22.0. The Hall–Kier alpha value is -1.26. The lowest BCUT2D eigenvalue weighted by Gasteiger charge is -2.37. The molecular weight excluding hydrogens is 428 g/mol. The van der Waals surface area contributed by atoms with Gasteiger partial charge in [-0.25, -0.2) is 0 Å². The second kappa shape index (κ2) is 7.63. The molecule has 1 saturated heterocycles. The minimum atomic E-state index is -6.54. The Kier molecular flexibility index (Phi) is 6.23. The standard InChI is InChI=1S/C15H13Cl2F7N2O/c16-10-2-1-9(11(17)7-10)8-25-3-5-26(6-4-25)12(27)13(18,19)14(20,21)15(22,23)24/h1-2,7H,3-6,8H2. The number of alkyl halides is 7. The Morgan fingerprint density at radius 2 is 1.52 bits per heavy atom. The first-order valence-electron chi connectivity index (χ1n) is 7.55. The van der Waals surface area contributed by atoms with E-state index < -0.39 is 37.0 Å². The lowest BCUT2D eigenvalue weighted by atomic mass is 10.1. The summed E-state index contributed by atoms with van der Waals surface area (Å²) in [5.74, 6) is -14.9. The Labute approximate surface area is 159 Å². The molecule has 1 aromatic carbocycles. The van der Waals surface area contributed by atoms with Gasteiger partial charge in [-0.05, 0) is 17.7 Å². The largest absolute Gasteiger partial charge is 0.460 e. The SMILES string of the molecule is O=C(N1CCN(Cc2ccc(Cl)cc2Cl)CC1)C(F)(F)C(F)(F)C(F)(F)F. The van der Waals surface area contributed by atoms with Crippen LogP contribution in [0.2, 0.25) is 10.0 Å². The van der Waals surface area contributed by atoms with Gasteiger partial charge in [-0.15, -0.1) is 0 Å². The molecule has 0 radical (unpaired) electrons. The third-order valence-corrected chi connectivity index (χ3v) is 4.67. The van der Waals surface area contributed by atoms with Gasteiger partial charge in [0.2, 0.25) is 0 Å². The second-order valence-corrected chi connectivity index (χ2v) is 6.79. The van der Waals surface area contributed by atoms with Crippen molar-refractivity contribution in [3.05, 3.63) is 33.8 Å². The van der Waals surface area contributed by atoms with Crippen LogP contribution in [0.15, 0.2) is 18.2 Å². The number of piperazine rings is 1. The van der Waals surface area contributed by atoms with Crippen LogP contribution >= 0.6 is 23.2 Å². The molecule has 3 nitrogen and oxygen atoms in total. The highest BCUT2D eigenvalue weighted by atomic mass is 35.5. The Morgan fingerprint density at radius 1 is 0.963 bits per heavy atom. The Morgan fingerprint density at radius 3 is 2.00 bits per heavy atom. The predicted octanol–water partition coefficient (Wildman–Crippen LogP) is 4.47. The van der Waals surface area contributed by atoms with E-state index in [9.17, 15) is 35.5 Å². The monoisotopic (exact) mass is 440 g/mol. The number of nitrogens with zero attached hydrogens (tertiary/aromatic N) is 2. The average molecular weight is 441 g/mol. The minimum absolute atomic E-state index is 0.00162. The third kappa shape index (κ3) is 4.43. The first-order chi connectivity index (χ1) is 12.3. The van der Waals surface area contributed by atoms with E-state index in [0.29, 0.717) is 20.5 Å². The van der Waals surface area contributed by atoms with Crippen molar-refractivity contribution in [3.8, 4) is 0 Å². The number of halogens is 9. The topological polar surface area (TPSA) is 23.6 Å². The molecule has 0 saturated carbocycles. The molecule has 0 unspecified atom stereocenters. The van der Waals surface area contributed by atoms with Gasteiger partial charge in [0.05, 0.1) is 0 Å². The molecule has 1 fully saturated rings. The van der Waals surface area contributed by atoms with Gasteiger partial charge in [-0.1, -0.05) is 29.3 Å². The fourth-order valence-electron chi connectivity index (χ4n) is 2.51. The molecule has 0 atom stereocenters. The maximum atomic E-state index is 13.5. The molecule has 0 spiro atoms. The molecule has 1 aliphatic rings. The van der Waals surface area contributed by atoms with Gasteiger partial charge in [-0.2, -0.15) is 30.7 Å². The van der Waals surface area contributed by atoms with Crippen LogP contribution in [0.1, 0.15) is 5.56 Å². The van der Waals surface area contributed by atoms with E-state index in [4.69, 9.17) is 23.2 Å². The summed E-state index contributed by atoms with van der Waals surface area (Å²) in [7, 11) is 0. The number of carbonyl (C=O) groups is 1. The smallest absolute Gasteiger partial charge is 0.335 e. The molecule has 1 amide bonds. The second-order valence-electron chi connectivity index (χ2n) is 5.95. The molecule has 27 heavy (non-hydrogen) atoms. The summed E-state index contributed by atoms with van der Waals surface area (Å²) >= 11 is 11.8. The summed E-state index contributed by atoms with van der Waals surface area (Å²) in [6, 6.07) is 4.72. The highest BCUT2D eigenvalue weighted by Crippen LogP contribution is 2.47. The number of amides is 1. The summed E-state index contributed by atoms with van der Waals surface area (Å²) in [6.07, 6.45) is -6.54. The van der Waals surface area contributed by atoms with Crippen LogP contribution in [-0.2, 0) is 11.3 Å². The van der Waals surface area contributed by atoms with Gasteiger partial charge in [0, 0.05) is 42.8 Å². The normalized spacial score (nSPS) is 17.3. The van der Waals surface area contributed by atoms with Crippen molar-refractivity contribution in [2.24, 2.45) is 0 Å². The quantitative estimate of drug-likeness (QED) is 0.644. The fraction of sp³-hybridized carbons (Fsp3) is 0.533. The van der Waals surface area contributed by atoms with Crippen LogP contribution in [0.25, 0.3) is 0 Å². The molecular formula is C15H13Cl2F7N2O. The van der Waals surface area contributed by atoms with Crippen molar-refractivity contribution >= 4 is 29.1 Å². The Bertz CT molecular complexity index is 704. The average Bonchev–Trinajstić information content (AvgIpc) is 2.56. The van der Waals surface area contributed by atoms with E-state index in [-0.39, 0.29) is 19.6 Å². The van der Waals surface area contributed by atoms with E-state index in [2.05, 4.69) is 0 Å². The maximum absolute atomic E-state index is 13.5. The van der Waals surface area contributed by atoms with Crippen LogP contribution in [0, 0.1) is 0 Å². The summed E-state index contributed by atoms with van der Waals surface area (Å²) < 4.78 is 89.6. The van der Waals surface area contributed by atoms with Crippen molar-refractivity contribution < 1.29 is 35.5 Å². The molecule has 2 rings (SSSR count). The molecule has 12 heteroatoms. The van der Waals surface area contributed by atoms with Crippen LogP contribution in [-0.4, -0.2) is 59.9 Å². The highest BCUT2D eigenvalue weighted by molar-refractivity contribution is 6.35. The van der Waals surface area contributed by atoms with Crippen molar-refractivity contribution in [2.45, 2.75) is 24.6 Å². The Balaban J connectivity index is 2.01. The first-order valence-corrected chi connectivity index (χ1v) is 8.31. The molecule has 0 N–H and O–H groups in total. The summed E-state index contributed by atoms with van der Waals surface area (Å²) in [4.78, 5) is 13.6. The third-order valence-electron chi connectivity index (χ3n) is 4.09. The molecule has 0 bridgehead atoms. The number of carbonyl (C=O) groups excluding carboxylic acids is 1. The van der Waals surface area contributed by atoms with Gasteiger partial charge < -0.3 is 4.90 Å². The van der Waals surface area contributed by atoms with Crippen molar-refractivity contribution in [1.82, 2.24) is 9.80 Å². The molecule has 0 aliphatic carbocycles. The zero-order valence-corrected chi connectivity index (χ0v) is 15.0. The summed E-state index contributed by atoms with van der Waals surface area (Å²) in [6.45, 7) is -0.578. The molecule has 152 valence electrons. The number of hydrogen-bond acceptors (Lipinski definition) is 2. The van der Waals surface area contributed by atoms with E-state index in [0.717, 1.165) is 0 Å².